The van der Waals surface area contributed by atoms with E-state index in [1.807, 2.05) is 35.3 Å². The molecule has 27 heavy (non-hydrogen) atoms. The highest BCUT2D eigenvalue weighted by atomic mass is 16.5. The number of hydrogen-bond acceptors (Lipinski definition) is 6. The smallest absolute Gasteiger partial charge is 0.334 e. The van der Waals surface area contributed by atoms with Crippen LogP contribution in [-0.4, -0.2) is 54.1 Å². The van der Waals surface area contributed by atoms with Gasteiger partial charge in [-0.3, -0.25) is 9.99 Å². The van der Waals surface area contributed by atoms with E-state index in [1.165, 1.54) is 6.20 Å². The standard InChI is InChI=1S/C19H24N6O2/c20-19(24-25-11-9-21-10-12-25)23-17(13-15-5-2-1-3-6-15)18(26)27-16-7-4-8-22-14-16/h1-8,14,17,21H,9-13H2,(H3,20,23,24). The first-order chi connectivity index (χ1) is 13.2. The molecule has 0 radical (unpaired) electrons. The lowest BCUT2D eigenvalue weighted by atomic mass is 10.1. The van der Waals surface area contributed by atoms with Crippen LogP contribution in [0.5, 0.6) is 5.75 Å². The van der Waals surface area contributed by atoms with Crippen LogP contribution in [0.1, 0.15) is 5.56 Å². The second-order valence-electron chi connectivity index (χ2n) is 6.19. The Balaban J connectivity index is 1.70. The zero-order valence-corrected chi connectivity index (χ0v) is 15.0. The minimum atomic E-state index is -0.667. The Morgan fingerprint density at radius 1 is 1.26 bits per heavy atom. The van der Waals surface area contributed by atoms with Crippen LogP contribution in [0.2, 0.25) is 0 Å². The van der Waals surface area contributed by atoms with Gasteiger partial charge in [-0.15, -0.1) is 5.10 Å². The molecule has 0 spiro atoms. The summed E-state index contributed by atoms with van der Waals surface area (Å²) in [4.78, 5) is 16.7. The summed E-state index contributed by atoms with van der Waals surface area (Å²) >= 11 is 0. The van der Waals surface area contributed by atoms with Crippen molar-refractivity contribution < 1.29 is 9.53 Å². The number of carbonyl (C=O) groups is 1. The molecule has 0 bridgehead atoms. The maximum atomic E-state index is 12.7. The highest BCUT2D eigenvalue weighted by Crippen LogP contribution is 2.10. The fourth-order valence-electron chi connectivity index (χ4n) is 2.75. The van der Waals surface area contributed by atoms with Gasteiger partial charge in [-0.1, -0.05) is 30.3 Å². The molecule has 8 nitrogen and oxygen atoms in total. The van der Waals surface area contributed by atoms with Gasteiger partial charge in [0, 0.05) is 38.8 Å². The van der Waals surface area contributed by atoms with Gasteiger partial charge < -0.3 is 21.1 Å². The van der Waals surface area contributed by atoms with E-state index in [1.54, 1.807) is 18.3 Å². The van der Waals surface area contributed by atoms with E-state index in [2.05, 4.69) is 20.7 Å². The number of nitrogens with one attached hydrogen (secondary N) is 2. The van der Waals surface area contributed by atoms with E-state index in [0.29, 0.717) is 12.2 Å². The number of carbonyl (C=O) groups excluding carboxylic acids is 1. The van der Waals surface area contributed by atoms with Gasteiger partial charge in [0.25, 0.3) is 0 Å². The van der Waals surface area contributed by atoms with Crippen LogP contribution in [0.4, 0.5) is 0 Å². The van der Waals surface area contributed by atoms with Crippen molar-refractivity contribution in [2.24, 2.45) is 10.8 Å². The molecule has 1 unspecified atom stereocenters. The van der Waals surface area contributed by atoms with E-state index >= 15 is 0 Å². The third kappa shape index (κ3) is 5.96. The molecule has 1 aromatic heterocycles. The Labute approximate surface area is 158 Å². The molecule has 2 heterocycles. The van der Waals surface area contributed by atoms with E-state index in [-0.39, 0.29) is 5.96 Å². The van der Waals surface area contributed by atoms with Crippen molar-refractivity contribution >= 4 is 11.9 Å². The molecular weight excluding hydrogens is 344 g/mol. The molecule has 0 aliphatic carbocycles. The van der Waals surface area contributed by atoms with Gasteiger partial charge >= 0.3 is 5.97 Å². The van der Waals surface area contributed by atoms with Gasteiger partial charge in [0.05, 0.1) is 6.20 Å². The third-order valence-corrected chi connectivity index (χ3v) is 4.08. The van der Waals surface area contributed by atoms with Gasteiger partial charge in [0.2, 0.25) is 5.96 Å². The van der Waals surface area contributed by atoms with Crippen molar-refractivity contribution in [2.45, 2.75) is 12.5 Å². The molecular formula is C19H24N6O2. The van der Waals surface area contributed by atoms with Crippen molar-refractivity contribution in [2.75, 3.05) is 26.2 Å². The molecule has 1 saturated heterocycles. The van der Waals surface area contributed by atoms with Crippen molar-refractivity contribution in [3.05, 3.63) is 60.4 Å². The molecule has 4 N–H and O–H groups in total. The Bertz CT molecular complexity index is 747. The van der Waals surface area contributed by atoms with Gasteiger partial charge in [0.1, 0.15) is 11.8 Å². The van der Waals surface area contributed by atoms with Crippen molar-refractivity contribution in [3.8, 4) is 5.75 Å². The topological polar surface area (TPSA) is 105 Å². The van der Waals surface area contributed by atoms with Crippen LogP contribution in [0.15, 0.2) is 60.0 Å². The molecule has 1 fully saturated rings. The minimum absolute atomic E-state index is 0.195. The maximum absolute atomic E-state index is 12.7. The summed E-state index contributed by atoms with van der Waals surface area (Å²) in [6, 6.07) is 12.4. The third-order valence-electron chi connectivity index (χ3n) is 4.08. The fourth-order valence-corrected chi connectivity index (χ4v) is 2.75. The van der Waals surface area contributed by atoms with Crippen LogP contribution < -0.4 is 21.1 Å². The highest BCUT2D eigenvalue weighted by Gasteiger charge is 2.22. The molecule has 8 heteroatoms. The van der Waals surface area contributed by atoms with Gasteiger partial charge in [0.15, 0.2) is 0 Å². The zero-order chi connectivity index (χ0) is 18.9. The quantitative estimate of drug-likeness (QED) is 0.383. The van der Waals surface area contributed by atoms with Crippen molar-refractivity contribution in [1.29, 1.82) is 0 Å². The Morgan fingerprint density at radius 3 is 2.74 bits per heavy atom. The number of benzene rings is 1. The minimum Gasteiger partial charge on any atom is -0.423 e. The normalized spacial score (nSPS) is 15.9. The number of esters is 1. The molecule has 0 amide bonds. The van der Waals surface area contributed by atoms with Gasteiger partial charge in [-0.25, -0.2) is 4.79 Å². The van der Waals surface area contributed by atoms with Crippen LogP contribution in [0.25, 0.3) is 0 Å². The lowest BCUT2D eigenvalue weighted by Gasteiger charge is -2.25. The van der Waals surface area contributed by atoms with Crippen molar-refractivity contribution in [1.82, 2.24) is 20.6 Å². The molecule has 2 aromatic rings. The molecule has 1 aromatic carbocycles. The number of nitrogens with two attached hydrogens (primary N) is 1. The predicted molar refractivity (Wildman–Crippen MR) is 103 cm³/mol. The molecule has 1 aliphatic heterocycles. The first-order valence-corrected chi connectivity index (χ1v) is 8.92. The second-order valence-corrected chi connectivity index (χ2v) is 6.19. The Kier molecular flexibility index (Phi) is 6.59. The van der Waals surface area contributed by atoms with Crippen LogP contribution >= 0.6 is 0 Å². The molecule has 3 rings (SSSR count). The van der Waals surface area contributed by atoms with E-state index in [0.717, 1.165) is 31.7 Å². The summed E-state index contributed by atoms with van der Waals surface area (Å²) in [5, 5.41) is 12.5. The number of rotatable bonds is 6. The lowest BCUT2D eigenvalue weighted by molar-refractivity contribution is -0.136. The number of nitrogens with zero attached hydrogens (tertiary/aromatic N) is 3. The first kappa shape index (κ1) is 18.7. The number of guanidine groups is 1. The predicted octanol–water partition coefficient (Wildman–Crippen LogP) is 0.323. The Morgan fingerprint density at radius 2 is 2.04 bits per heavy atom. The molecule has 142 valence electrons. The second kappa shape index (κ2) is 9.54. The summed E-state index contributed by atoms with van der Waals surface area (Å²) in [6.45, 7) is 3.25. The summed E-state index contributed by atoms with van der Waals surface area (Å²) in [6.07, 6.45) is 3.54. The van der Waals surface area contributed by atoms with Crippen molar-refractivity contribution in [3.63, 3.8) is 0 Å². The molecule has 0 saturated carbocycles. The number of hydrogen-bond donors (Lipinski definition) is 3. The SMILES string of the molecule is NC(=NN1CCNCC1)NC(Cc1ccccc1)C(=O)Oc1cccnc1. The number of pyridine rings is 1. The highest BCUT2D eigenvalue weighted by molar-refractivity contribution is 5.86. The monoisotopic (exact) mass is 368 g/mol. The molecule has 1 aliphatic rings. The summed E-state index contributed by atoms with van der Waals surface area (Å²) in [5.74, 6) is 0.145. The summed E-state index contributed by atoms with van der Waals surface area (Å²) in [5.41, 5.74) is 7.04. The largest absolute Gasteiger partial charge is 0.423 e. The van der Waals surface area contributed by atoms with Crippen LogP contribution in [0.3, 0.4) is 0 Å². The van der Waals surface area contributed by atoms with Crippen LogP contribution in [0, 0.1) is 0 Å². The van der Waals surface area contributed by atoms with E-state index in [9.17, 15) is 4.79 Å². The lowest BCUT2D eigenvalue weighted by Crippen LogP contribution is -2.49. The van der Waals surface area contributed by atoms with E-state index in [4.69, 9.17) is 10.5 Å². The Hall–Kier alpha value is -3.13. The summed E-state index contributed by atoms with van der Waals surface area (Å²) < 4.78 is 5.44. The van der Waals surface area contributed by atoms with E-state index < -0.39 is 12.0 Å². The zero-order valence-electron chi connectivity index (χ0n) is 15.0. The summed E-state index contributed by atoms with van der Waals surface area (Å²) in [7, 11) is 0. The molecule has 1 atom stereocenters. The van der Waals surface area contributed by atoms with Gasteiger partial charge in [-0.2, -0.15) is 0 Å². The average Bonchev–Trinajstić information content (AvgIpc) is 2.70. The number of ether oxygens (including phenoxy) is 1. The number of piperazine rings is 1. The van der Waals surface area contributed by atoms with Crippen LogP contribution in [-0.2, 0) is 11.2 Å². The number of aromatic nitrogens is 1. The fraction of sp³-hybridized carbons (Fsp3) is 0.316. The average molecular weight is 368 g/mol. The number of hydrazone groups is 1. The maximum Gasteiger partial charge on any atom is 0.334 e. The first-order valence-electron chi connectivity index (χ1n) is 8.92. The van der Waals surface area contributed by atoms with Gasteiger partial charge in [-0.05, 0) is 17.7 Å².